The van der Waals surface area contributed by atoms with Crippen molar-refractivity contribution >= 4 is 16.8 Å². The summed E-state index contributed by atoms with van der Waals surface area (Å²) in [5, 5.41) is 13.5. The number of nitrogens with one attached hydrogen (secondary N) is 2. The highest BCUT2D eigenvalue weighted by Crippen LogP contribution is 2.14. The molecule has 0 aliphatic rings. The number of fused-ring (bicyclic) bond motifs is 1. The SMILES string of the molecule is CC(C)C(O)CCNC(=O)c1ccc2[nH]ccc2c1. The zero-order valence-electron chi connectivity index (χ0n) is 11.3. The Labute approximate surface area is 112 Å². The summed E-state index contributed by atoms with van der Waals surface area (Å²) in [6.45, 7) is 4.42. The molecule has 1 atom stereocenters. The fourth-order valence-corrected chi connectivity index (χ4v) is 1.96. The molecule has 19 heavy (non-hydrogen) atoms. The molecule has 1 heterocycles. The number of rotatable bonds is 5. The van der Waals surface area contributed by atoms with Crippen LogP contribution in [0.2, 0.25) is 0 Å². The zero-order valence-corrected chi connectivity index (χ0v) is 11.3. The Morgan fingerprint density at radius 3 is 2.89 bits per heavy atom. The van der Waals surface area contributed by atoms with E-state index >= 15 is 0 Å². The number of hydrogen-bond donors (Lipinski definition) is 3. The molecular weight excluding hydrogens is 240 g/mol. The first kappa shape index (κ1) is 13.6. The lowest BCUT2D eigenvalue weighted by molar-refractivity contribution is 0.0920. The quantitative estimate of drug-likeness (QED) is 0.772. The summed E-state index contributed by atoms with van der Waals surface area (Å²) in [7, 11) is 0. The van der Waals surface area contributed by atoms with Crippen LogP contribution < -0.4 is 5.32 Å². The number of carbonyl (C=O) groups is 1. The van der Waals surface area contributed by atoms with Crippen molar-refractivity contribution in [2.24, 2.45) is 5.92 Å². The van der Waals surface area contributed by atoms with Gasteiger partial charge in [0.1, 0.15) is 0 Å². The third-order valence-corrected chi connectivity index (χ3v) is 3.31. The van der Waals surface area contributed by atoms with Gasteiger partial charge in [-0.25, -0.2) is 0 Å². The van der Waals surface area contributed by atoms with Gasteiger partial charge < -0.3 is 15.4 Å². The van der Waals surface area contributed by atoms with Gasteiger partial charge in [0.15, 0.2) is 0 Å². The van der Waals surface area contributed by atoms with Crippen molar-refractivity contribution in [1.29, 1.82) is 0 Å². The number of hydrogen-bond acceptors (Lipinski definition) is 2. The predicted molar refractivity (Wildman–Crippen MR) is 76.1 cm³/mol. The number of aromatic amines is 1. The molecule has 2 rings (SSSR count). The topological polar surface area (TPSA) is 65.1 Å². The maximum atomic E-state index is 12.0. The van der Waals surface area contributed by atoms with Crippen molar-refractivity contribution in [3.05, 3.63) is 36.0 Å². The molecule has 2 aromatic rings. The molecule has 0 saturated heterocycles. The van der Waals surface area contributed by atoms with Crippen LogP contribution >= 0.6 is 0 Å². The number of benzene rings is 1. The molecule has 3 N–H and O–H groups in total. The third-order valence-electron chi connectivity index (χ3n) is 3.31. The highest BCUT2D eigenvalue weighted by molar-refractivity contribution is 5.98. The lowest BCUT2D eigenvalue weighted by Gasteiger charge is -2.14. The smallest absolute Gasteiger partial charge is 0.251 e. The maximum absolute atomic E-state index is 12.0. The molecule has 0 aliphatic carbocycles. The summed E-state index contributed by atoms with van der Waals surface area (Å²) in [6.07, 6.45) is 2.06. The second-order valence-corrected chi connectivity index (χ2v) is 5.14. The summed E-state index contributed by atoms with van der Waals surface area (Å²) in [6, 6.07) is 7.49. The van der Waals surface area contributed by atoms with Gasteiger partial charge in [0.05, 0.1) is 6.10 Å². The standard InChI is InChI=1S/C15H20N2O2/c1-10(2)14(18)6-8-17-15(19)12-3-4-13-11(9-12)5-7-16-13/h3-5,7,9-10,14,16,18H,6,8H2,1-2H3,(H,17,19). The number of H-pyrrole nitrogens is 1. The molecule has 0 fully saturated rings. The van der Waals surface area contributed by atoms with E-state index in [1.54, 1.807) is 6.07 Å². The molecule has 0 aliphatic heterocycles. The van der Waals surface area contributed by atoms with E-state index in [4.69, 9.17) is 0 Å². The molecule has 1 amide bonds. The highest BCUT2D eigenvalue weighted by atomic mass is 16.3. The molecule has 1 unspecified atom stereocenters. The summed E-state index contributed by atoms with van der Waals surface area (Å²) >= 11 is 0. The van der Waals surface area contributed by atoms with Crippen LogP contribution in [0.15, 0.2) is 30.5 Å². The van der Waals surface area contributed by atoms with Gasteiger partial charge in [-0.3, -0.25) is 4.79 Å². The Balaban J connectivity index is 1.92. The number of aliphatic hydroxyl groups is 1. The van der Waals surface area contributed by atoms with E-state index in [1.807, 2.05) is 38.2 Å². The normalized spacial score (nSPS) is 12.8. The second kappa shape index (κ2) is 5.89. The average molecular weight is 260 g/mol. The van der Waals surface area contributed by atoms with Crippen LogP contribution in [-0.2, 0) is 0 Å². The number of aliphatic hydroxyl groups excluding tert-OH is 1. The van der Waals surface area contributed by atoms with Crippen LogP contribution in [-0.4, -0.2) is 28.6 Å². The minimum absolute atomic E-state index is 0.0981. The summed E-state index contributed by atoms with van der Waals surface area (Å²) < 4.78 is 0. The predicted octanol–water partition coefficient (Wildman–Crippen LogP) is 2.30. The average Bonchev–Trinajstić information content (AvgIpc) is 2.85. The number of amides is 1. The van der Waals surface area contributed by atoms with Crippen LogP contribution in [0.5, 0.6) is 0 Å². The minimum Gasteiger partial charge on any atom is -0.393 e. The molecule has 102 valence electrons. The monoisotopic (exact) mass is 260 g/mol. The fraction of sp³-hybridized carbons (Fsp3) is 0.400. The van der Waals surface area contributed by atoms with Crippen molar-refractivity contribution in [3.8, 4) is 0 Å². The van der Waals surface area contributed by atoms with Crippen molar-refractivity contribution in [3.63, 3.8) is 0 Å². The molecule has 0 bridgehead atoms. The van der Waals surface area contributed by atoms with Gasteiger partial charge in [-0.1, -0.05) is 13.8 Å². The Hall–Kier alpha value is -1.81. The molecule has 4 heteroatoms. The fourth-order valence-electron chi connectivity index (χ4n) is 1.96. The van der Waals surface area contributed by atoms with Crippen LogP contribution in [0.1, 0.15) is 30.6 Å². The zero-order chi connectivity index (χ0) is 13.8. The molecule has 1 aromatic heterocycles. The Morgan fingerprint density at radius 1 is 1.37 bits per heavy atom. The van der Waals surface area contributed by atoms with Gasteiger partial charge in [-0.2, -0.15) is 0 Å². The van der Waals surface area contributed by atoms with E-state index in [0.29, 0.717) is 18.5 Å². The summed E-state index contributed by atoms with van der Waals surface area (Å²) in [5.74, 6) is 0.118. The largest absolute Gasteiger partial charge is 0.393 e. The lowest BCUT2D eigenvalue weighted by atomic mass is 10.0. The van der Waals surface area contributed by atoms with Gasteiger partial charge in [-0.15, -0.1) is 0 Å². The maximum Gasteiger partial charge on any atom is 0.251 e. The van der Waals surface area contributed by atoms with E-state index in [1.165, 1.54) is 0 Å². The van der Waals surface area contributed by atoms with Crippen molar-refractivity contribution in [2.45, 2.75) is 26.4 Å². The van der Waals surface area contributed by atoms with E-state index in [0.717, 1.165) is 10.9 Å². The lowest BCUT2D eigenvalue weighted by Crippen LogP contribution is -2.28. The first-order valence-corrected chi connectivity index (χ1v) is 6.61. The Kier molecular flexibility index (Phi) is 4.22. The molecule has 1 aromatic carbocycles. The summed E-state index contributed by atoms with van der Waals surface area (Å²) in [4.78, 5) is 15.1. The second-order valence-electron chi connectivity index (χ2n) is 5.14. The van der Waals surface area contributed by atoms with Gasteiger partial charge in [0.2, 0.25) is 0 Å². The first-order chi connectivity index (χ1) is 9.08. The van der Waals surface area contributed by atoms with Crippen LogP contribution in [0.3, 0.4) is 0 Å². The van der Waals surface area contributed by atoms with Crippen molar-refractivity contribution in [2.75, 3.05) is 6.54 Å². The van der Waals surface area contributed by atoms with Gasteiger partial charge >= 0.3 is 0 Å². The Morgan fingerprint density at radius 2 is 2.16 bits per heavy atom. The van der Waals surface area contributed by atoms with E-state index in [-0.39, 0.29) is 17.9 Å². The Bertz CT molecular complexity index is 560. The van der Waals surface area contributed by atoms with Gasteiger partial charge in [0.25, 0.3) is 5.91 Å². The molecule has 0 saturated carbocycles. The van der Waals surface area contributed by atoms with E-state index in [2.05, 4.69) is 10.3 Å². The molecule has 4 nitrogen and oxygen atoms in total. The molecular formula is C15H20N2O2. The first-order valence-electron chi connectivity index (χ1n) is 6.61. The number of aromatic nitrogens is 1. The minimum atomic E-state index is -0.368. The van der Waals surface area contributed by atoms with Crippen LogP contribution in [0.25, 0.3) is 10.9 Å². The van der Waals surface area contributed by atoms with Crippen LogP contribution in [0, 0.1) is 5.92 Å². The highest BCUT2D eigenvalue weighted by Gasteiger charge is 2.10. The summed E-state index contributed by atoms with van der Waals surface area (Å²) in [5.41, 5.74) is 1.66. The van der Waals surface area contributed by atoms with E-state index < -0.39 is 0 Å². The van der Waals surface area contributed by atoms with Gasteiger partial charge in [-0.05, 0) is 36.6 Å². The molecule has 0 radical (unpaired) electrons. The third kappa shape index (κ3) is 3.35. The van der Waals surface area contributed by atoms with Crippen LogP contribution in [0.4, 0.5) is 0 Å². The van der Waals surface area contributed by atoms with E-state index in [9.17, 15) is 9.90 Å². The van der Waals surface area contributed by atoms with Crippen molar-refractivity contribution in [1.82, 2.24) is 10.3 Å². The molecule has 0 spiro atoms. The van der Waals surface area contributed by atoms with Gasteiger partial charge in [0, 0.05) is 29.2 Å². The van der Waals surface area contributed by atoms with Crippen molar-refractivity contribution < 1.29 is 9.90 Å². The number of carbonyl (C=O) groups excluding carboxylic acids is 1.